The first-order valence-corrected chi connectivity index (χ1v) is 10.8. The van der Waals surface area contributed by atoms with Gasteiger partial charge < -0.3 is 10.8 Å². The summed E-state index contributed by atoms with van der Waals surface area (Å²) < 4.78 is 17.0. The van der Waals surface area contributed by atoms with Crippen molar-refractivity contribution in [1.29, 1.82) is 0 Å². The molecule has 0 aliphatic carbocycles. The zero-order chi connectivity index (χ0) is 23.1. The van der Waals surface area contributed by atoms with Crippen molar-refractivity contribution in [3.05, 3.63) is 58.6 Å². The molecule has 0 saturated carbocycles. The maximum atomic E-state index is 8.50. The van der Waals surface area contributed by atoms with Crippen LogP contribution in [0.1, 0.15) is 52.7 Å². The zero-order valence-electron chi connectivity index (χ0n) is 17.3. The van der Waals surface area contributed by atoms with E-state index in [1.165, 1.54) is 21.4 Å². The van der Waals surface area contributed by atoms with E-state index in [9.17, 15) is 0 Å². The number of isothiocyanates is 2. The summed E-state index contributed by atoms with van der Waals surface area (Å²) in [5.74, 6) is 0. The molecule has 0 aliphatic heterocycles. The molecule has 29 heavy (non-hydrogen) atoms. The van der Waals surface area contributed by atoms with Crippen LogP contribution < -0.4 is 0 Å². The summed E-state index contributed by atoms with van der Waals surface area (Å²) in [4.78, 5) is 8.97. The summed E-state index contributed by atoms with van der Waals surface area (Å²) in [7, 11) is 0. The monoisotopic (exact) mass is 514 g/mol. The second-order valence-corrected chi connectivity index (χ2v) is 8.31. The molecular formula is C20H24MoN4O2S2. The van der Waals surface area contributed by atoms with Gasteiger partial charge in [0.15, 0.2) is 0 Å². The predicted octanol–water partition coefficient (Wildman–Crippen LogP) is 5.82. The van der Waals surface area contributed by atoms with E-state index in [4.69, 9.17) is 17.6 Å². The minimum absolute atomic E-state index is 0.124. The Labute approximate surface area is 191 Å². The molecule has 6 nitrogen and oxygen atoms in total. The molecule has 0 aliphatic rings. The van der Waals surface area contributed by atoms with Crippen molar-refractivity contribution in [2.75, 3.05) is 0 Å². The Hall–Kier alpha value is -1.81. The standard InChI is InChI=1S/C18H24N2.2CNS.Mo.2O/c1-17(2,3)13-7-9-19-15(11-13)16-12-14(8-10-20-16)18(4,5)6;2*2-1-3;;;/h7-12H,1-6H3;;;;;/q;2*-1;+2;;. The molecule has 2 heterocycles. The van der Waals surface area contributed by atoms with Crippen LogP contribution >= 0.6 is 24.4 Å². The van der Waals surface area contributed by atoms with Crippen LogP contribution in [-0.2, 0) is 36.1 Å². The third kappa shape index (κ3) is 13.1. The van der Waals surface area contributed by atoms with Gasteiger partial charge in [0.25, 0.3) is 0 Å². The fourth-order valence-electron chi connectivity index (χ4n) is 2.07. The fraction of sp³-hybridized carbons (Fsp3) is 0.400. The summed E-state index contributed by atoms with van der Waals surface area (Å²) in [5, 5.41) is 16.9. The van der Waals surface area contributed by atoms with Gasteiger partial charge in [-0.25, -0.2) is 0 Å². The SMILES string of the molecule is CC(C)(C)c1ccnc(-c2cc(C(C)(C)C)ccn2)c1.[N-]=C=S.[N-]=C=S.[O]=[Mo+2]=[O]. The minimum atomic E-state index is -2.03. The number of hydrogen-bond donors (Lipinski definition) is 0. The average Bonchev–Trinajstić information content (AvgIpc) is 2.63. The average molecular weight is 513 g/mol. The topological polar surface area (TPSA) is 105 Å². The molecule has 0 radical (unpaired) electrons. The molecule has 0 saturated heterocycles. The van der Waals surface area contributed by atoms with Crippen molar-refractivity contribution < 1.29 is 25.3 Å². The van der Waals surface area contributed by atoms with Crippen molar-refractivity contribution in [2.45, 2.75) is 52.4 Å². The Bertz CT molecular complexity index is 789. The summed E-state index contributed by atoms with van der Waals surface area (Å²) >= 11 is 5.37. The van der Waals surface area contributed by atoms with Gasteiger partial charge in [-0.15, -0.1) is 0 Å². The number of thiocarbonyl (C=S) groups is 2. The van der Waals surface area contributed by atoms with E-state index in [1.54, 1.807) is 0 Å². The van der Waals surface area contributed by atoms with E-state index >= 15 is 0 Å². The third-order valence-electron chi connectivity index (χ3n) is 3.51. The molecule has 2 aromatic heterocycles. The Morgan fingerprint density at radius 1 is 0.793 bits per heavy atom. The molecule has 0 N–H and O–H groups in total. The Kier molecular flexibility index (Phi) is 15.3. The number of hydrogen-bond acceptors (Lipinski definition) is 6. The Morgan fingerprint density at radius 3 is 1.24 bits per heavy atom. The fourth-order valence-corrected chi connectivity index (χ4v) is 2.07. The van der Waals surface area contributed by atoms with Crippen molar-refractivity contribution in [2.24, 2.45) is 0 Å². The van der Waals surface area contributed by atoms with E-state index in [1.807, 2.05) is 12.4 Å². The molecule has 0 spiro atoms. The molecule has 0 aromatic carbocycles. The first-order valence-electron chi connectivity index (χ1n) is 8.30. The predicted molar refractivity (Wildman–Crippen MR) is 118 cm³/mol. The van der Waals surface area contributed by atoms with Crippen LogP contribution in [0.2, 0.25) is 0 Å². The van der Waals surface area contributed by atoms with E-state index in [2.05, 4.69) is 100 Å². The first-order chi connectivity index (χ1) is 13.4. The number of pyridine rings is 2. The second-order valence-electron chi connectivity index (χ2n) is 7.61. The molecular weight excluding hydrogens is 488 g/mol. The first kappa shape index (κ1) is 29.4. The molecule has 0 fully saturated rings. The van der Waals surface area contributed by atoms with Gasteiger partial charge in [0, 0.05) is 12.4 Å². The molecule has 0 unspecified atom stereocenters. The molecule has 154 valence electrons. The summed E-state index contributed by atoms with van der Waals surface area (Å²) in [6.45, 7) is 13.3. The van der Waals surface area contributed by atoms with Crippen LogP contribution in [0.3, 0.4) is 0 Å². The molecule has 0 atom stereocenters. The van der Waals surface area contributed by atoms with Crippen molar-refractivity contribution >= 4 is 34.8 Å². The third-order valence-corrected chi connectivity index (χ3v) is 3.51. The number of aromatic nitrogens is 2. The van der Waals surface area contributed by atoms with Crippen LogP contribution in [0.25, 0.3) is 22.2 Å². The molecule has 0 bridgehead atoms. The van der Waals surface area contributed by atoms with Gasteiger partial charge in [0.1, 0.15) is 0 Å². The van der Waals surface area contributed by atoms with Crippen molar-refractivity contribution in [3.63, 3.8) is 0 Å². The quantitative estimate of drug-likeness (QED) is 0.271. The Balaban J connectivity index is 0. The van der Waals surface area contributed by atoms with E-state index in [-0.39, 0.29) is 10.8 Å². The normalized spacial score (nSPS) is 9.45. The van der Waals surface area contributed by atoms with E-state index in [0.29, 0.717) is 0 Å². The maximum absolute atomic E-state index is 8.50. The molecule has 2 aromatic rings. The molecule has 9 heteroatoms. The van der Waals surface area contributed by atoms with E-state index < -0.39 is 18.5 Å². The van der Waals surface area contributed by atoms with Gasteiger partial charge in [-0.1, -0.05) is 66.0 Å². The molecule has 0 amide bonds. The van der Waals surface area contributed by atoms with Gasteiger partial charge in [-0.2, -0.15) is 10.3 Å². The van der Waals surface area contributed by atoms with Gasteiger partial charge >= 0.3 is 25.3 Å². The van der Waals surface area contributed by atoms with Crippen LogP contribution in [-0.4, -0.2) is 20.3 Å². The van der Waals surface area contributed by atoms with Crippen molar-refractivity contribution in [3.8, 4) is 11.4 Å². The van der Waals surface area contributed by atoms with Crippen LogP contribution in [0, 0.1) is 0 Å². The van der Waals surface area contributed by atoms with Crippen LogP contribution in [0.4, 0.5) is 0 Å². The second kappa shape index (κ2) is 15.1. The van der Waals surface area contributed by atoms with Crippen LogP contribution in [0.15, 0.2) is 36.7 Å². The number of nitrogens with zero attached hydrogens (tertiary/aromatic N) is 4. The van der Waals surface area contributed by atoms with Gasteiger partial charge in [0.2, 0.25) is 0 Å². The summed E-state index contributed by atoms with van der Waals surface area (Å²) in [5.41, 5.74) is 4.71. The van der Waals surface area contributed by atoms with Gasteiger partial charge in [-0.3, -0.25) is 9.97 Å². The number of rotatable bonds is 1. The van der Waals surface area contributed by atoms with E-state index in [0.717, 1.165) is 11.4 Å². The van der Waals surface area contributed by atoms with Gasteiger partial charge in [0.05, 0.1) is 11.4 Å². The van der Waals surface area contributed by atoms with Crippen molar-refractivity contribution in [1.82, 2.24) is 9.97 Å². The van der Waals surface area contributed by atoms with Gasteiger partial charge in [-0.05, 0) is 46.2 Å². The summed E-state index contributed by atoms with van der Waals surface area (Å²) in [6, 6.07) is 8.46. The summed E-state index contributed by atoms with van der Waals surface area (Å²) in [6.07, 6.45) is 3.75. The Morgan fingerprint density at radius 2 is 1.03 bits per heavy atom. The zero-order valence-corrected chi connectivity index (χ0v) is 20.9. The molecule has 2 rings (SSSR count). The van der Waals surface area contributed by atoms with Crippen LogP contribution in [0.5, 0.6) is 0 Å².